The van der Waals surface area contributed by atoms with Gasteiger partial charge in [0.2, 0.25) is 5.91 Å². The van der Waals surface area contributed by atoms with E-state index in [0.29, 0.717) is 24.1 Å². The number of aryl methyl sites for hydroxylation is 2. The van der Waals surface area contributed by atoms with Crippen LogP contribution >= 0.6 is 0 Å². The lowest BCUT2D eigenvalue weighted by atomic mass is 9.90. The molecule has 0 aromatic heterocycles. The standard InChI is InChI=1S/C23H23NO4/c25-21(19-8-7-16-4-1-2-5-18(16)14-19)15-28-23(27)17-9-11-20(12-10-17)24-13-3-6-22(24)26/h7-12,14H,1-6,13,15H2. The normalized spacial score (nSPS) is 16.0. The fourth-order valence-corrected chi connectivity index (χ4v) is 3.90. The molecule has 144 valence electrons. The van der Waals surface area contributed by atoms with Crippen LogP contribution in [0.25, 0.3) is 0 Å². The van der Waals surface area contributed by atoms with Crippen LogP contribution in [0.15, 0.2) is 42.5 Å². The van der Waals surface area contributed by atoms with Gasteiger partial charge in [0.15, 0.2) is 12.4 Å². The van der Waals surface area contributed by atoms with Gasteiger partial charge < -0.3 is 9.64 Å². The number of anilines is 1. The Kier molecular flexibility index (Phi) is 5.24. The van der Waals surface area contributed by atoms with Gasteiger partial charge in [0.05, 0.1) is 5.56 Å². The summed E-state index contributed by atoms with van der Waals surface area (Å²) < 4.78 is 5.21. The number of carbonyl (C=O) groups excluding carboxylic acids is 3. The molecule has 1 saturated heterocycles. The number of rotatable bonds is 5. The van der Waals surface area contributed by atoms with Crippen molar-refractivity contribution in [2.75, 3.05) is 18.1 Å². The minimum atomic E-state index is -0.536. The van der Waals surface area contributed by atoms with Gasteiger partial charge in [-0.1, -0.05) is 12.1 Å². The molecule has 2 aliphatic rings. The molecule has 5 heteroatoms. The molecular weight excluding hydrogens is 354 g/mol. The van der Waals surface area contributed by atoms with Crippen molar-refractivity contribution in [1.82, 2.24) is 0 Å². The average Bonchev–Trinajstić information content (AvgIpc) is 3.17. The molecule has 1 aliphatic heterocycles. The first kappa shape index (κ1) is 18.4. The van der Waals surface area contributed by atoms with Crippen molar-refractivity contribution >= 4 is 23.3 Å². The lowest BCUT2D eigenvalue weighted by Gasteiger charge is -2.16. The molecule has 2 aromatic carbocycles. The van der Waals surface area contributed by atoms with Crippen molar-refractivity contribution in [3.63, 3.8) is 0 Å². The predicted molar refractivity (Wildman–Crippen MR) is 106 cm³/mol. The molecule has 0 atom stereocenters. The van der Waals surface area contributed by atoms with E-state index in [-0.39, 0.29) is 18.3 Å². The second kappa shape index (κ2) is 7.97. The number of fused-ring (bicyclic) bond motifs is 1. The van der Waals surface area contributed by atoms with E-state index in [9.17, 15) is 14.4 Å². The molecule has 0 N–H and O–H groups in total. The number of hydrogen-bond acceptors (Lipinski definition) is 4. The summed E-state index contributed by atoms with van der Waals surface area (Å²) in [4.78, 5) is 38.2. The van der Waals surface area contributed by atoms with E-state index in [1.54, 1.807) is 29.2 Å². The number of carbonyl (C=O) groups is 3. The Bertz CT molecular complexity index is 917. The van der Waals surface area contributed by atoms with Crippen molar-refractivity contribution in [2.24, 2.45) is 0 Å². The van der Waals surface area contributed by atoms with Crippen LogP contribution in [0.1, 0.15) is 57.5 Å². The molecular formula is C23H23NO4. The van der Waals surface area contributed by atoms with Crippen LogP contribution < -0.4 is 4.90 Å². The average molecular weight is 377 g/mol. The molecule has 2 aromatic rings. The largest absolute Gasteiger partial charge is 0.454 e. The van der Waals surface area contributed by atoms with Crippen LogP contribution in [0.4, 0.5) is 5.69 Å². The van der Waals surface area contributed by atoms with E-state index in [2.05, 4.69) is 0 Å². The number of Topliss-reactive ketones (excluding diaryl/α,β-unsaturated/α-hetero) is 1. The monoisotopic (exact) mass is 377 g/mol. The summed E-state index contributed by atoms with van der Waals surface area (Å²) in [6.45, 7) is 0.432. The minimum absolute atomic E-state index is 0.103. The summed E-state index contributed by atoms with van der Waals surface area (Å²) in [6, 6.07) is 12.5. The van der Waals surface area contributed by atoms with Gasteiger partial charge in [-0.15, -0.1) is 0 Å². The maximum absolute atomic E-state index is 12.4. The van der Waals surface area contributed by atoms with E-state index in [0.717, 1.165) is 31.4 Å². The maximum atomic E-state index is 12.4. The van der Waals surface area contributed by atoms with Crippen molar-refractivity contribution in [1.29, 1.82) is 0 Å². The van der Waals surface area contributed by atoms with Gasteiger partial charge in [0.1, 0.15) is 0 Å². The van der Waals surface area contributed by atoms with Crippen LogP contribution in [-0.2, 0) is 22.4 Å². The predicted octanol–water partition coefficient (Wildman–Crippen LogP) is 3.73. The summed E-state index contributed by atoms with van der Waals surface area (Å²) >= 11 is 0. The third-order valence-electron chi connectivity index (χ3n) is 5.49. The highest BCUT2D eigenvalue weighted by molar-refractivity contribution is 6.00. The number of benzene rings is 2. The highest BCUT2D eigenvalue weighted by Crippen LogP contribution is 2.23. The Labute approximate surface area is 164 Å². The summed E-state index contributed by atoms with van der Waals surface area (Å²) in [5.41, 5.74) is 4.29. The van der Waals surface area contributed by atoms with E-state index < -0.39 is 5.97 Å². The third kappa shape index (κ3) is 3.84. The first-order chi connectivity index (χ1) is 13.6. The molecule has 0 spiro atoms. The van der Waals surface area contributed by atoms with Gasteiger partial charge in [-0.2, -0.15) is 0 Å². The quantitative estimate of drug-likeness (QED) is 0.588. The highest BCUT2D eigenvalue weighted by Gasteiger charge is 2.22. The zero-order valence-electron chi connectivity index (χ0n) is 15.8. The Balaban J connectivity index is 1.36. The number of ketones is 1. The van der Waals surface area contributed by atoms with E-state index in [1.807, 2.05) is 18.2 Å². The van der Waals surface area contributed by atoms with Crippen molar-refractivity contribution < 1.29 is 19.1 Å². The van der Waals surface area contributed by atoms with Crippen LogP contribution in [-0.4, -0.2) is 30.8 Å². The lowest BCUT2D eigenvalue weighted by Crippen LogP contribution is -2.23. The van der Waals surface area contributed by atoms with Gasteiger partial charge in [0.25, 0.3) is 0 Å². The molecule has 1 fully saturated rings. The second-order valence-electron chi connectivity index (χ2n) is 7.39. The van der Waals surface area contributed by atoms with Crippen LogP contribution in [0.3, 0.4) is 0 Å². The fourth-order valence-electron chi connectivity index (χ4n) is 3.90. The number of amides is 1. The Morgan fingerprint density at radius 3 is 2.29 bits per heavy atom. The zero-order valence-corrected chi connectivity index (χ0v) is 15.8. The molecule has 4 rings (SSSR count). The van der Waals surface area contributed by atoms with Gasteiger partial charge in [-0.05, 0) is 73.6 Å². The van der Waals surface area contributed by atoms with Gasteiger partial charge in [-0.25, -0.2) is 4.79 Å². The number of esters is 1. The lowest BCUT2D eigenvalue weighted by molar-refractivity contribution is -0.117. The molecule has 0 unspecified atom stereocenters. The second-order valence-corrected chi connectivity index (χ2v) is 7.39. The Morgan fingerprint density at radius 2 is 1.57 bits per heavy atom. The molecule has 5 nitrogen and oxygen atoms in total. The van der Waals surface area contributed by atoms with Crippen LogP contribution in [0, 0.1) is 0 Å². The van der Waals surface area contributed by atoms with Gasteiger partial charge in [0, 0.05) is 24.2 Å². The van der Waals surface area contributed by atoms with Gasteiger partial charge in [-0.3, -0.25) is 9.59 Å². The Morgan fingerprint density at radius 1 is 0.857 bits per heavy atom. The van der Waals surface area contributed by atoms with E-state index >= 15 is 0 Å². The smallest absolute Gasteiger partial charge is 0.338 e. The van der Waals surface area contributed by atoms with Crippen molar-refractivity contribution in [3.05, 3.63) is 64.7 Å². The molecule has 0 bridgehead atoms. The Hall–Kier alpha value is -2.95. The SMILES string of the molecule is O=C(COC(=O)c1ccc(N2CCCC2=O)cc1)c1ccc2c(c1)CCCC2. The summed E-state index contributed by atoms with van der Waals surface area (Å²) in [5, 5.41) is 0. The number of hydrogen-bond donors (Lipinski definition) is 0. The fraction of sp³-hybridized carbons (Fsp3) is 0.348. The molecule has 0 saturated carbocycles. The van der Waals surface area contributed by atoms with Gasteiger partial charge >= 0.3 is 5.97 Å². The molecule has 1 aliphatic carbocycles. The van der Waals surface area contributed by atoms with Crippen molar-refractivity contribution in [3.8, 4) is 0 Å². The highest BCUT2D eigenvalue weighted by atomic mass is 16.5. The zero-order chi connectivity index (χ0) is 19.5. The van der Waals surface area contributed by atoms with E-state index in [4.69, 9.17) is 4.74 Å². The van der Waals surface area contributed by atoms with Crippen molar-refractivity contribution in [2.45, 2.75) is 38.5 Å². The third-order valence-corrected chi connectivity index (χ3v) is 5.49. The summed E-state index contributed by atoms with van der Waals surface area (Å²) in [6.07, 6.45) is 5.84. The van der Waals surface area contributed by atoms with Crippen LogP contribution in [0.2, 0.25) is 0 Å². The first-order valence-corrected chi connectivity index (χ1v) is 9.84. The first-order valence-electron chi connectivity index (χ1n) is 9.84. The number of nitrogens with zero attached hydrogens (tertiary/aromatic N) is 1. The maximum Gasteiger partial charge on any atom is 0.338 e. The molecule has 1 amide bonds. The molecule has 28 heavy (non-hydrogen) atoms. The van der Waals surface area contributed by atoms with E-state index in [1.165, 1.54) is 17.5 Å². The topological polar surface area (TPSA) is 63.7 Å². The molecule has 0 radical (unpaired) electrons. The minimum Gasteiger partial charge on any atom is -0.454 e. The summed E-state index contributed by atoms with van der Waals surface area (Å²) in [7, 11) is 0. The van der Waals surface area contributed by atoms with Crippen LogP contribution in [0.5, 0.6) is 0 Å². The number of ether oxygens (including phenoxy) is 1. The summed E-state index contributed by atoms with van der Waals surface area (Å²) in [5.74, 6) is -0.627. The molecule has 1 heterocycles.